The smallest absolute Gasteiger partial charge is 0.405 e. The molecule has 1 heterocycles. The molecular weight excluding hydrogens is 432 g/mol. The van der Waals surface area contributed by atoms with Crippen LogP contribution < -0.4 is 10.1 Å². The maximum Gasteiger partial charge on any atom is 0.573 e. The normalized spacial score (nSPS) is 16.7. The van der Waals surface area contributed by atoms with Gasteiger partial charge in [0.1, 0.15) is 5.75 Å². The van der Waals surface area contributed by atoms with Crippen LogP contribution in [0.15, 0.2) is 22.7 Å². The van der Waals surface area contributed by atoms with E-state index < -0.39 is 6.36 Å². The van der Waals surface area contributed by atoms with E-state index in [0.29, 0.717) is 5.56 Å². The van der Waals surface area contributed by atoms with E-state index in [1.54, 1.807) is 12.1 Å². The van der Waals surface area contributed by atoms with E-state index >= 15 is 0 Å². The summed E-state index contributed by atoms with van der Waals surface area (Å²) in [4.78, 5) is 2.23. The molecule has 1 aliphatic heterocycles. The van der Waals surface area contributed by atoms with Crippen LogP contribution in [0.25, 0.3) is 0 Å². The van der Waals surface area contributed by atoms with Crippen molar-refractivity contribution in [1.82, 2.24) is 10.2 Å². The number of benzene rings is 1. The Kier molecular flexibility index (Phi) is 10.6. The third kappa shape index (κ3) is 6.96. The molecule has 9 heteroatoms. The van der Waals surface area contributed by atoms with Crippen LogP contribution in [0.5, 0.6) is 5.75 Å². The fourth-order valence-electron chi connectivity index (χ4n) is 2.80. The molecule has 1 aliphatic rings. The average molecular weight is 454 g/mol. The van der Waals surface area contributed by atoms with Crippen molar-refractivity contribution in [2.75, 3.05) is 26.2 Å². The lowest BCUT2D eigenvalue weighted by Gasteiger charge is -2.36. The first-order valence-corrected chi connectivity index (χ1v) is 8.20. The second-order valence-corrected chi connectivity index (χ2v) is 6.24. The maximum atomic E-state index is 12.7. The topological polar surface area (TPSA) is 24.5 Å². The Morgan fingerprint density at radius 3 is 2.42 bits per heavy atom. The van der Waals surface area contributed by atoms with Crippen LogP contribution in [0.3, 0.4) is 0 Å². The summed E-state index contributed by atoms with van der Waals surface area (Å²) in [6, 6.07) is 4.63. The fourth-order valence-corrected chi connectivity index (χ4v) is 3.18. The van der Waals surface area contributed by atoms with Gasteiger partial charge in [0.05, 0.1) is 0 Å². The summed E-state index contributed by atoms with van der Waals surface area (Å²) in [5.74, 6) is -0.104. The Balaban J connectivity index is 0.00000264. The molecule has 1 saturated heterocycles. The van der Waals surface area contributed by atoms with E-state index in [-0.39, 0.29) is 36.6 Å². The summed E-state index contributed by atoms with van der Waals surface area (Å²) >= 11 is 3.35. The molecule has 0 saturated carbocycles. The van der Waals surface area contributed by atoms with Crippen LogP contribution in [0.1, 0.15) is 31.4 Å². The van der Waals surface area contributed by atoms with E-state index in [9.17, 15) is 13.2 Å². The SMILES string of the molecule is CCC[C@@H](c1cc(Br)ccc1OC(F)(F)F)N1CCNCC1.Cl.Cl. The Hall–Kier alpha value is -0.210. The number of rotatable bonds is 5. The lowest BCUT2D eigenvalue weighted by atomic mass is 9.99. The first-order chi connectivity index (χ1) is 10.4. The van der Waals surface area contributed by atoms with Crippen molar-refractivity contribution in [3.8, 4) is 5.75 Å². The van der Waals surface area contributed by atoms with Gasteiger partial charge in [0.15, 0.2) is 0 Å². The lowest BCUT2D eigenvalue weighted by molar-refractivity contribution is -0.275. The summed E-state index contributed by atoms with van der Waals surface area (Å²) in [5.41, 5.74) is 0.593. The van der Waals surface area contributed by atoms with Crippen molar-refractivity contribution in [2.45, 2.75) is 32.2 Å². The van der Waals surface area contributed by atoms with Crippen LogP contribution in [0.2, 0.25) is 0 Å². The molecule has 0 aromatic heterocycles. The summed E-state index contributed by atoms with van der Waals surface area (Å²) in [6.45, 7) is 5.39. The predicted octanol–water partition coefficient (Wildman–Crippen LogP) is 4.94. The summed E-state index contributed by atoms with van der Waals surface area (Å²) in [7, 11) is 0. The minimum absolute atomic E-state index is 0. The van der Waals surface area contributed by atoms with Crippen molar-refractivity contribution in [1.29, 1.82) is 0 Å². The van der Waals surface area contributed by atoms with Crippen molar-refractivity contribution >= 4 is 40.7 Å². The van der Waals surface area contributed by atoms with Gasteiger partial charge in [0.25, 0.3) is 0 Å². The zero-order valence-electron chi connectivity index (χ0n) is 13.2. The van der Waals surface area contributed by atoms with Crippen LogP contribution >= 0.6 is 40.7 Å². The lowest BCUT2D eigenvalue weighted by Crippen LogP contribution is -2.45. The van der Waals surface area contributed by atoms with Gasteiger partial charge in [-0.15, -0.1) is 38.0 Å². The number of hydrogen-bond acceptors (Lipinski definition) is 3. The van der Waals surface area contributed by atoms with E-state index in [1.807, 2.05) is 6.92 Å². The highest BCUT2D eigenvalue weighted by Gasteiger charge is 2.34. The van der Waals surface area contributed by atoms with Gasteiger partial charge >= 0.3 is 6.36 Å². The molecule has 0 amide bonds. The first-order valence-electron chi connectivity index (χ1n) is 7.40. The Bertz CT molecular complexity index is 500. The van der Waals surface area contributed by atoms with Crippen LogP contribution in [-0.4, -0.2) is 37.4 Å². The number of piperazine rings is 1. The number of halogens is 6. The highest BCUT2D eigenvalue weighted by molar-refractivity contribution is 9.10. The van der Waals surface area contributed by atoms with Gasteiger partial charge in [-0.25, -0.2) is 0 Å². The van der Waals surface area contributed by atoms with Gasteiger partial charge in [0, 0.05) is 42.3 Å². The molecule has 0 spiro atoms. The molecule has 0 aliphatic carbocycles. The zero-order chi connectivity index (χ0) is 16.2. The van der Waals surface area contributed by atoms with Gasteiger partial charge in [-0.2, -0.15) is 0 Å². The molecule has 140 valence electrons. The van der Waals surface area contributed by atoms with E-state index in [1.165, 1.54) is 6.07 Å². The highest BCUT2D eigenvalue weighted by Crippen LogP contribution is 2.37. The molecule has 0 unspecified atom stereocenters. The Morgan fingerprint density at radius 1 is 1.25 bits per heavy atom. The minimum Gasteiger partial charge on any atom is -0.405 e. The van der Waals surface area contributed by atoms with E-state index in [0.717, 1.165) is 43.5 Å². The number of nitrogens with zero attached hydrogens (tertiary/aromatic N) is 1. The van der Waals surface area contributed by atoms with E-state index in [4.69, 9.17) is 0 Å². The molecule has 1 atom stereocenters. The molecule has 3 nitrogen and oxygen atoms in total. The minimum atomic E-state index is -4.68. The molecule has 1 fully saturated rings. The summed E-state index contributed by atoms with van der Waals surface area (Å²) in [6.07, 6.45) is -2.99. The standard InChI is InChI=1S/C15H20BrF3N2O.2ClH/c1-2-3-13(21-8-6-20-7-9-21)12-10-11(16)4-5-14(12)22-15(17,18)19;;/h4-5,10,13,20H,2-3,6-9H2,1H3;2*1H/t13-;;/m0../s1. The fraction of sp³-hybridized carbons (Fsp3) is 0.600. The number of ether oxygens (including phenoxy) is 1. The monoisotopic (exact) mass is 452 g/mol. The highest BCUT2D eigenvalue weighted by atomic mass is 79.9. The van der Waals surface area contributed by atoms with Gasteiger partial charge in [-0.1, -0.05) is 29.3 Å². The van der Waals surface area contributed by atoms with Gasteiger partial charge in [0.2, 0.25) is 0 Å². The van der Waals surface area contributed by atoms with Crippen molar-refractivity contribution in [3.05, 3.63) is 28.2 Å². The number of alkyl halides is 3. The second kappa shape index (κ2) is 10.7. The van der Waals surface area contributed by atoms with Crippen molar-refractivity contribution in [2.24, 2.45) is 0 Å². The molecule has 0 radical (unpaired) electrons. The third-order valence-electron chi connectivity index (χ3n) is 3.71. The van der Waals surface area contributed by atoms with E-state index in [2.05, 4.69) is 30.9 Å². The molecular formula is C15H22BrCl2F3N2O. The third-order valence-corrected chi connectivity index (χ3v) is 4.20. The van der Waals surface area contributed by atoms with Crippen LogP contribution in [0, 0.1) is 0 Å². The molecule has 0 bridgehead atoms. The molecule has 1 aromatic carbocycles. The quantitative estimate of drug-likeness (QED) is 0.683. The molecule has 2 rings (SSSR count). The number of nitrogens with one attached hydrogen (secondary N) is 1. The zero-order valence-corrected chi connectivity index (χ0v) is 16.5. The second-order valence-electron chi connectivity index (χ2n) is 5.32. The first kappa shape index (κ1) is 23.8. The van der Waals surface area contributed by atoms with Gasteiger partial charge < -0.3 is 10.1 Å². The largest absolute Gasteiger partial charge is 0.573 e. The average Bonchev–Trinajstić information content (AvgIpc) is 2.46. The Labute approximate surface area is 161 Å². The maximum absolute atomic E-state index is 12.7. The molecule has 1 aromatic rings. The summed E-state index contributed by atoms with van der Waals surface area (Å²) < 4.78 is 43.0. The number of hydrogen-bond donors (Lipinski definition) is 1. The summed E-state index contributed by atoms with van der Waals surface area (Å²) in [5, 5.41) is 3.27. The van der Waals surface area contributed by atoms with Crippen molar-refractivity contribution < 1.29 is 17.9 Å². The molecule has 24 heavy (non-hydrogen) atoms. The van der Waals surface area contributed by atoms with Gasteiger partial charge in [-0.3, -0.25) is 4.90 Å². The van der Waals surface area contributed by atoms with Crippen molar-refractivity contribution in [3.63, 3.8) is 0 Å². The molecule has 1 N–H and O–H groups in total. The van der Waals surface area contributed by atoms with Crippen LogP contribution in [-0.2, 0) is 0 Å². The predicted molar refractivity (Wildman–Crippen MR) is 97.4 cm³/mol. The van der Waals surface area contributed by atoms with Crippen LogP contribution in [0.4, 0.5) is 13.2 Å². The van der Waals surface area contributed by atoms with Gasteiger partial charge in [-0.05, 0) is 24.6 Å². The Morgan fingerprint density at radius 2 is 1.88 bits per heavy atom.